The highest BCUT2D eigenvalue weighted by molar-refractivity contribution is 7.97. The summed E-state index contributed by atoms with van der Waals surface area (Å²) in [6, 6.07) is 3.66. The zero-order valence-electron chi connectivity index (χ0n) is 22.8. The molecule has 0 bridgehead atoms. The van der Waals surface area contributed by atoms with Crippen LogP contribution in [-0.2, 0) is 0 Å². The molecule has 2 unspecified atom stereocenters. The molecule has 0 saturated heterocycles. The summed E-state index contributed by atoms with van der Waals surface area (Å²) in [5.74, 6) is 0.116. The van der Waals surface area contributed by atoms with Gasteiger partial charge in [0.15, 0.2) is 0 Å². The summed E-state index contributed by atoms with van der Waals surface area (Å²) >= 11 is -1.95. The van der Waals surface area contributed by atoms with E-state index in [4.69, 9.17) is 8.74 Å². The Morgan fingerprint density at radius 1 is 0.857 bits per heavy atom. The van der Waals surface area contributed by atoms with E-state index in [1.807, 2.05) is 88.3 Å². The lowest BCUT2D eigenvalue weighted by atomic mass is 9.88. The van der Waals surface area contributed by atoms with Crippen molar-refractivity contribution < 1.29 is 30.7 Å². The quantitative estimate of drug-likeness (QED) is 0.139. The predicted molar refractivity (Wildman–Crippen MR) is 149 cm³/mol. The monoisotopic (exact) mass is 566 g/mol. The minimum absolute atomic E-state index is 0.0963. The molecule has 1 N–H and O–H groups in total. The van der Waals surface area contributed by atoms with Crippen LogP contribution in [0, 0.1) is 0 Å². The zero-order valence-corrected chi connectivity index (χ0v) is 25.6. The van der Waals surface area contributed by atoms with Crippen LogP contribution in [0.4, 0.5) is 22.0 Å². The average Bonchev–Trinajstić information content (AvgIpc) is 2.79. The largest absolute Gasteiger partial charge is 0.419 e. The smallest absolute Gasteiger partial charge is 0.372 e. The molecular weight excluding hydrogens is 522 g/mol. The van der Waals surface area contributed by atoms with Crippen molar-refractivity contribution >= 4 is 33.3 Å². The Morgan fingerprint density at radius 2 is 1.20 bits per heavy atom. The maximum atomic E-state index is 14.3. The number of hydrogen-bond acceptors (Lipinski definition) is 4. The van der Waals surface area contributed by atoms with Crippen LogP contribution >= 0.6 is 33.3 Å². The van der Waals surface area contributed by atoms with Crippen molar-refractivity contribution in [1.82, 2.24) is 0 Å². The maximum Gasteiger partial charge on any atom is 0.372 e. The van der Waals surface area contributed by atoms with Gasteiger partial charge in [-0.1, -0.05) is 96.7 Å². The van der Waals surface area contributed by atoms with E-state index in [1.54, 1.807) is 6.08 Å². The fourth-order valence-corrected chi connectivity index (χ4v) is 3.63. The van der Waals surface area contributed by atoms with Gasteiger partial charge >= 0.3 is 10.5 Å². The van der Waals surface area contributed by atoms with E-state index >= 15 is 0 Å². The molecule has 0 saturated carbocycles. The maximum absolute atomic E-state index is 14.3. The average molecular weight is 567 g/mol. The lowest BCUT2D eigenvalue weighted by molar-refractivity contribution is -0.114. The molecule has 0 aliphatic carbocycles. The third-order valence-electron chi connectivity index (χ3n) is 4.27. The Hall–Kier alpha value is -0.500. The van der Waals surface area contributed by atoms with Crippen LogP contribution in [-0.4, -0.2) is 20.5 Å². The van der Waals surface area contributed by atoms with Crippen molar-refractivity contribution in [2.45, 2.75) is 110 Å². The highest BCUT2D eigenvalue weighted by Gasteiger charge is 2.69. The van der Waals surface area contributed by atoms with Crippen LogP contribution in [0.15, 0.2) is 24.8 Å². The van der Waals surface area contributed by atoms with Gasteiger partial charge in [-0.3, -0.25) is 0 Å². The molecule has 0 spiro atoms. The van der Waals surface area contributed by atoms with Crippen LogP contribution in [0.5, 0.6) is 5.75 Å². The highest BCUT2D eigenvalue weighted by atomic mass is 32.2. The Kier molecular flexibility index (Phi) is 19.9. The van der Waals surface area contributed by atoms with E-state index in [-0.39, 0.29) is 23.5 Å². The predicted octanol–water partition coefficient (Wildman–Crippen LogP) is 11.3. The van der Waals surface area contributed by atoms with Crippen molar-refractivity contribution in [1.29, 1.82) is 0 Å². The topological polar surface area (TPSA) is 29.5 Å². The molecule has 35 heavy (non-hydrogen) atoms. The fraction of sp³-hybridized carbons (Fsp3) is 0.680. The van der Waals surface area contributed by atoms with Gasteiger partial charge in [0.2, 0.25) is 0 Å². The second-order valence-electron chi connectivity index (χ2n) is 7.90. The Morgan fingerprint density at radius 3 is 1.46 bits per heavy atom. The normalized spacial score (nSPS) is 13.1. The van der Waals surface area contributed by atoms with Crippen LogP contribution < -0.4 is 4.18 Å². The summed E-state index contributed by atoms with van der Waals surface area (Å²) in [6.07, 6.45) is 1.75. The molecule has 2 nitrogen and oxygen atoms in total. The first-order chi connectivity index (χ1) is 16.0. The number of halogens is 5. The van der Waals surface area contributed by atoms with Crippen molar-refractivity contribution in [3.8, 4) is 5.75 Å². The van der Waals surface area contributed by atoms with Gasteiger partial charge in [0.05, 0.1) is 12.0 Å². The van der Waals surface area contributed by atoms with Gasteiger partial charge in [0.25, 0.3) is 5.41 Å². The van der Waals surface area contributed by atoms with E-state index in [2.05, 4.69) is 6.58 Å². The van der Waals surface area contributed by atoms with Crippen molar-refractivity contribution in [3.05, 3.63) is 41.5 Å². The third-order valence-corrected chi connectivity index (χ3v) is 6.70. The Bertz CT molecular complexity index is 699. The van der Waals surface area contributed by atoms with Gasteiger partial charge in [-0.05, 0) is 41.4 Å². The summed E-state index contributed by atoms with van der Waals surface area (Å²) in [7, 11) is 0.795. The number of benzene rings is 1. The molecule has 1 aromatic rings. The molecular formula is C25H44F5O2PS2. The van der Waals surface area contributed by atoms with E-state index in [0.29, 0.717) is 11.1 Å². The number of alkyl halides is 5. The second kappa shape index (κ2) is 17.9. The molecule has 0 aliphatic heterocycles. The van der Waals surface area contributed by atoms with Crippen molar-refractivity contribution in [3.63, 3.8) is 0 Å². The highest BCUT2D eigenvalue weighted by Crippen LogP contribution is 2.58. The van der Waals surface area contributed by atoms with Crippen molar-refractivity contribution in [2.24, 2.45) is 0 Å². The molecule has 10 heteroatoms. The zero-order chi connectivity index (χ0) is 28.8. The first-order valence-corrected chi connectivity index (χ1v) is 13.8. The summed E-state index contributed by atoms with van der Waals surface area (Å²) in [4.78, 5) is 0. The van der Waals surface area contributed by atoms with Crippen LogP contribution in [0.2, 0.25) is 0 Å². The number of rotatable bonds is 9. The Balaban J connectivity index is -0.00000132. The Labute approximate surface area is 220 Å². The van der Waals surface area contributed by atoms with Gasteiger partial charge in [-0.25, -0.2) is 4.39 Å². The van der Waals surface area contributed by atoms with Crippen LogP contribution in [0.25, 0.3) is 0 Å². The summed E-state index contributed by atoms with van der Waals surface area (Å²) in [5.41, 5.74) is 2.26. The molecule has 0 radical (unpaired) electrons. The van der Waals surface area contributed by atoms with Gasteiger partial charge in [0, 0.05) is 0 Å². The van der Waals surface area contributed by atoms with E-state index in [9.17, 15) is 22.0 Å². The van der Waals surface area contributed by atoms with Crippen molar-refractivity contribution in [2.75, 3.05) is 0 Å². The summed E-state index contributed by atoms with van der Waals surface area (Å²) in [6.45, 7) is 24.6. The lowest BCUT2D eigenvalue weighted by Gasteiger charge is -2.33. The van der Waals surface area contributed by atoms with Gasteiger partial charge < -0.3 is 8.74 Å². The number of allylic oxidation sites excluding steroid dienone is 1. The molecule has 0 fully saturated rings. The minimum atomic E-state index is -4.75. The lowest BCUT2D eigenvalue weighted by Crippen LogP contribution is -2.49. The SMILES string of the molecule is C=CC.CC.CC.CC(C)c1cc(C(C)C)c(OSC(F)(F)C(F)(P)C(F)(F)SO)c(C(C)C)c1. The first kappa shape index (κ1) is 39.0. The van der Waals surface area contributed by atoms with Crippen LogP contribution in [0.1, 0.15) is 111 Å². The van der Waals surface area contributed by atoms with E-state index in [0.717, 1.165) is 14.8 Å². The molecule has 208 valence electrons. The fourth-order valence-electron chi connectivity index (χ4n) is 2.38. The standard InChI is InChI=1S/C18H26F5O2PS2.C3H6.2C2H6/c1-9(2)12-7-13(10(3)4)15(14(8-12)11(5)6)25-28-18(22,23)16(19,26)17(20,21)27-24;1-3-2;2*1-2/h7-11,24H,26H2,1-6H3;3H,1H2,2H3;2*1-2H3. The van der Waals surface area contributed by atoms with E-state index in [1.165, 1.54) is 0 Å². The summed E-state index contributed by atoms with van der Waals surface area (Å²) in [5, 5.41) is -13.8. The van der Waals surface area contributed by atoms with E-state index < -0.39 is 40.0 Å². The molecule has 1 rings (SSSR count). The summed E-state index contributed by atoms with van der Waals surface area (Å²) < 4.78 is 83.5. The third kappa shape index (κ3) is 11.2. The number of hydrogen-bond donors (Lipinski definition) is 1. The van der Waals surface area contributed by atoms with Gasteiger partial charge in [-0.2, -0.15) is 17.6 Å². The minimum Gasteiger partial charge on any atom is -0.419 e. The van der Waals surface area contributed by atoms with Crippen LogP contribution in [0.3, 0.4) is 0 Å². The molecule has 0 aromatic heterocycles. The van der Waals surface area contributed by atoms with Gasteiger partial charge in [-0.15, -0.1) is 6.58 Å². The van der Waals surface area contributed by atoms with Gasteiger partial charge in [0.1, 0.15) is 17.8 Å². The molecule has 0 aliphatic rings. The first-order valence-electron chi connectivity index (χ1n) is 11.7. The second-order valence-corrected chi connectivity index (χ2v) is 10.2. The molecule has 1 aromatic carbocycles. The molecule has 0 amide bonds. The molecule has 0 heterocycles. The molecule has 2 atom stereocenters.